The third-order valence-corrected chi connectivity index (χ3v) is 6.01. The number of aliphatic hydroxyl groups excluding tert-OH is 2. The molecule has 2 aromatic rings. The van der Waals surface area contributed by atoms with Crippen molar-refractivity contribution in [3.05, 3.63) is 64.9 Å². The molecular formula is C22H19F6NO2. The van der Waals surface area contributed by atoms with Crippen LogP contribution in [0.25, 0.3) is 16.7 Å². The maximum absolute atomic E-state index is 13.9. The van der Waals surface area contributed by atoms with Crippen molar-refractivity contribution in [1.29, 1.82) is 0 Å². The smallest absolute Gasteiger partial charge is 0.417 e. The molecule has 2 aromatic carbocycles. The van der Waals surface area contributed by atoms with Crippen LogP contribution < -0.4 is 5.32 Å². The van der Waals surface area contributed by atoms with Gasteiger partial charge in [0.05, 0.1) is 16.7 Å². The molecular weight excluding hydrogens is 424 g/mol. The average molecular weight is 443 g/mol. The predicted molar refractivity (Wildman–Crippen MR) is 102 cm³/mol. The maximum atomic E-state index is 13.9. The van der Waals surface area contributed by atoms with E-state index in [9.17, 15) is 36.6 Å². The van der Waals surface area contributed by atoms with E-state index < -0.39 is 35.2 Å². The third kappa shape index (κ3) is 3.80. The van der Waals surface area contributed by atoms with E-state index in [2.05, 4.69) is 5.32 Å². The molecule has 0 bridgehead atoms. The van der Waals surface area contributed by atoms with Crippen LogP contribution in [0.2, 0.25) is 0 Å². The summed E-state index contributed by atoms with van der Waals surface area (Å²) in [6.45, 7) is 1.64. The van der Waals surface area contributed by atoms with E-state index in [4.69, 9.17) is 0 Å². The lowest BCUT2D eigenvalue weighted by atomic mass is 9.90. The monoisotopic (exact) mass is 443 g/mol. The first-order valence-corrected chi connectivity index (χ1v) is 9.61. The van der Waals surface area contributed by atoms with Gasteiger partial charge in [-0.05, 0) is 60.6 Å². The van der Waals surface area contributed by atoms with E-state index in [0.717, 1.165) is 49.2 Å². The van der Waals surface area contributed by atoms with Crippen molar-refractivity contribution in [2.75, 3.05) is 0 Å². The van der Waals surface area contributed by atoms with Crippen molar-refractivity contribution in [3.63, 3.8) is 0 Å². The molecule has 0 radical (unpaired) electrons. The zero-order chi connectivity index (χ0) is 22.8. The summed E-state index contributed by atoms with van der Waals surface area (Å²) < 4.78 is 79.9. The Labute approximate surface area is 174 Å². The molecule has 0 saturated heterocycles. The van der Waals surface area contributed by atoms with Gasteiger partial charge < -0.3 is 10.2 Å². The molecule has 1 fully saturated rings. The van der Waals surface area contributed by atoms with Crippen molar-refractivity contribution >= 4 is 5.57 Å². The van der Waals surface area contributed by atoms with E-state index in [-0.39, 0.29) is 33.9 Å². The Morgan fingerprint density at radius 1 is 0.903 bits per heavy atom. The van der Waals surface area contributed by atoms with Crippen LogP contribution in [0.4, 0.5) is 26.3 Å². The minimum absolute atomic E-state index is 0.0143. The molecule has 1 aliphatic carbocycles. The summed E-state index contributed by atoms with van der Waals surface area (Å²) in [5.74, 6) is -0.310. The van der Waals surface area contributed by atoms with Crippen LogP contribution in [0, 0.1) is 5.92 Å². The molecule has 2 aliphatic rings. The molecule has 3 nitrogen and oxygen atoms in total. The second-order valence-electron chi connectivity index (χ2n) is 8.12. The predicted octanol–water partition coefficient (Wildman–Crippen LogP) is 5.75. The van der Waals surface area contributed by atoms with Crippen LogP contribution in [-0.4, -0.2) is 22.0 Å². The molecule has 0 amide bonds. The second-order valence-corrected chi connectivity index (χ2v) is 8.12. The van der Waals surface area contributed by atoms with Crippen LogP contribution in [-0.2, 0) is 12.4 Å². The minimum Gasteiger partial charge on any atom is -0.510 e. The summed E-state index contributed by atoms with van der Waals surface area (Å²) in [4.78, 5) is 0. The first kappa shape index (κ1) is 21.7. The Morgan fingerprint density at radius 3 is 2.00 bits per heavy atom. The van der Waals surface area contributed by atoms with Crippen molar-refractivity contribution in [3.8, 4) is 11.1 Å². The summed E-state index contributed by atoms with van der Waals surface area (Å²) in [5.41, 5.74) is -3.37. The van der Waals surface area contributed by atoms with E-state index in [1.165, 1.54) is 6.07 Å². The fraction of sp³-hybridized carbons (Fsp3) is 0.364. The van der Waals surface area contributed by atoms with Crippen molar-refractivity contribution < 1.29 is 36.6 Å². The number of halogens is 6. The zero-order valence-corrected chi connectivity index (χ0v) is 16.3. The fourth-order valence-corrected chi connectivity index (χ4v) is 4.13. The number of rotatable bonds is 3. The Morgan fingerprint density at radius 2 is 1.48 bits per heavy atom. The lowest BCUT2D eigenvalue weighted by molar-refractivity contribution is -0.138. The Hall–Kier alpha value is -2.52. The van der Waals surface area contributed by atoms with Crippen molar-refractivity contribution in [1.82, 2.24) is 5.32 Å². The molecule has 2 atom stereocenters. The number of alkyl halides is 6. The summed E-state index contributed by atoms with van der Waals surface area (Å²) in [6, 6.07) is 7.08. The van der Waals surface area contributed by atoms with Gasteiger partial charge in [0.25, 0.3) is 0 Å². The molecule has 1 aliphatic heterocycles. The van der Waals surface area contributed by atoms with E-state index >= 15 is 0 Å². The summed E-state index contributed by atoms with van der Waals surface area (Å²) >= 11 is 0. The first-order valence-electron chi connectivity index (χ1n) is 9.61. The summed E-state index contributed by atoms with van der Waals surface area (Å²) in [5, 5.41) is 23.9. The van der Waals surface area contributed by atoms with Crippen molar-refractivity contribution in [2.45, 2.75) is 43.9 Å². The topological polar surface area (TPSA) is 52.5 Å². The van der Waals surface area contributed by atoms with Crippen LogP contribution in [0.5, 0.6) is 0 Å². The first-order chi connectivity index (χ1) is 14.3. The fourth-order valence-electron chi connectivity index (χ4n) is 4.13. The zero-order valence-electron chi connectivity index (χ0n) is 16.3. The molecule has 3 N–H and O–H groups in total. The van der Waals surface area contributed by atoms with Gasteiger partial charge in [-0.2, -0.15) is 26.3 Å². The third-order valence-electron chi connectivity index (χ3n) is 6.01. The molecule has 0 aromatic heterocycles. The maximum Gasteiger partial charge on any atom is 0.417 e. The van der Waals surface area contributed by atoms with Gasteiger partial charge in [-0.1, -0.05) is 24.3 Å². The summed E-state index contributed by atoms with van der Waals surface area (Å²) in [6.07, 6.45) is -9.28. The highest BCUT2D eigenvalue weighted by molar-refractivity contribution is 5.79. The van der Waals surface area contributed by atoms with E-state index in [1.807, 2.05) is 0 Å². The SMILES string of the molecule is CC1(C2CC2)NC(O)C(c2ccc(-c3ccc(C(F)(F)F)cc3)cc2C(F)(F)F)=C1O. The highest BCUT2D eigenvalue weighted by Gasteiger charge is 2.52. The number of hydrogen-bond acceptors (Lipinski definition) is 3. The number of hydrogen-bond donors (Lipinski definition) is 3. The van der Waals surface area contributed by atoms with Gasteiger partial charge in [-0.25, -0.2) is 0 Å². The quantitative estimate of drug-likeness (QED) is 0.530. The van der Waals surface area contributed by atoms with Crippen LogP contribution in [0.3, 0.4) is 0 Å². The molecule has 4 rings (SSSR count). The van der Waals surface area contributed by atoms with Gasteiger partial charge in [0.15, 0.2) is 0 Å². The molecule has 2 unspecified atom stereocenters. The highest BCUT2D eigenvalue weighted by atomic mass is 19.4. The Balaban J connectivity index is 1.80. The van der Waals surface area contributed by atoms with Gasteiger partial charge in [0.2, 0.25) is 0 Å². The highest BCUT2D eigenvalue weighted by Crippen LogP contribution is 2.50. The Kier molecular flexibility index (Phi) is 4.90. The Bertz CT molecular complexity index is 1040. The lowest BCUT2D eigenvalue weighted by Gasteiger charge is -2.25. The average Bonchev–Trinajstić information content (AvgIpc) is 3.49. The molecule has 1 heterocycles. The standard InChI is InChI=1S/C22H19F6NO2/c1-20(13-7-8-13)18(30)17(19(31)29-20)15-9-4-12(10-16(15)22(26,27)28)11-2-5-14(6-3-11)21(23,24)25/h2-6,9-10,13,19,29-31H,7-8H2,1H3. The minimum atomic E-state index is -4.82. The molecule has 9 heteroatoms. The summed E-state index contributed by atoms with van der Waals surface area (Å²) in [7, 11) is 0. The molecule has 31 heavy (non-hydrogen) atoms. The van der Waals surface area contributed by atoms with E-state index in [0.29, 0.717) is 0 Å². The molecule has 0 spiro atoms. The van der Waals surface area contributed by atoms with Gasteiger partial charge in [-0.3, -0.25) is 5.32 Å². The van der Waals surface area contributed by atoms with Crippen LogP contribution >= 0.6 is 0 Å². The van der Waals surface area contributed by atoms with Crippen LogP contribution in [0.1, 0.15) is 36.5 Å². The van der Waals surface area contributed by atoms with E-state index in [1.54, 1.807) is 6.92 Å². The van der Waals surface area contributed by atoms with Gasteiger partial charge >= 0.3 is 12.4 Å². The lowest BCUT2D eigenvalue weighted by Crippen LogP contribution is -2.45. The number of benzene rings is 2. The van der Waals surface area contributed by atoms with Gasteiger partial charge in [-0.15, -0.1) is 0 Å². The normalized spacial score (nSPS) is 24.7. The molecule has 1 saturated carbocycles. The largest absolute Gasteiger partial charge is 0.510 e. The van der Waals surface area contributed by atoms with Gasteiger partial charge in [0, 0.05) is 5.57 Å². The second kappa shape index (κ2) is 7.00. The number of aliphatic hydroxyl groups is 2. The van der Waals surface area contributed by atoms with Crippen LogP contribution in [0.15, 0.2) is 48.2 Å². The van der Waals surface area contributed by atoms with Crippen molar-refractivity contribution in [2.24, 2.45) is 5.92 Å². The number of nitrogens with one attached hydrogen (secondary N) is 1. The molecule has 166 valence electrons. The van der Waals surface area contributed by atoms with Gasteiger partial charge in [0.1, 0.15) is 12.0 Å².